The minimum Gasteiger partial charge on any atom is -0.489 e. The Morgan fingerprint density at radius 2 is 1.82 bits per heavy atom. The Hall–Kier alpha value is -3.60. The minimum atomic E-state index is -0.256. The average Bonchev–Trinajstić information content (AvgIpc) is 3.21. The van der Waals surface area contributed by atoms with Gasteiger partial charge in [-0.3, -0.25) is 0 Å². The lowest BCUT2D eigenvalue weighted by Crippen LogP contribution is -2.13. The van der Waals surface area contributed by atoms with Crippen LogP contribution in [0.5, 0.6) is 5.75 Å². The quantitative estimate of drug-likeness (QED) is 0.505. The van der Waals surface area contributed by atoms with Gasteiger partial charge in [0.05, 0.1) is 23.1 Å². The number of benzene rings is 2. The van der Waals surface area contributed by atoms with Crippen molar-refractivity contribution in [1.82, 2.24) is 14.9 Å². The number of hydrogen-bond donors (Lipinski definition) is 1. The predicted molar refractivity (Wildman–Crippen MR) is 108 cm³/mol. The van der Waals surface area contributed by atoms with E-state index in [0.717, 1.165) is 22.5 Å². The van der Waals surface area contributed by atoms with Crippen LogP contribution in [0.1, 0.15) is 16.8 Å². The van der Waals surface area contributed by atoms with Crippen LogP contribution < -0.4 is 10.1 Å². The highest BCUT2D eigenvalue weighted by molar-refractivity contribution is 5.62. The number of nitrogens with one attached hydrogen (secondary N) is 1. The predicted octanol–water partition coefficient (Wildman–Crippen LogP) is 4.81. The van der Waals surface area contributed by atoms with Gasteiger partial charge in [-0.1, -0.05) is 43.0 Å². The molecule has 0 amide bonds. The molecule has 5 heteroatoms. The highest BCUT2D eigenvalue weighted by Gasteiger charge is 2.06. The van der Waals surface area contributed by atoms with Gasteiger partial charge < -0.3 is 10.1 Å². The molecule has 0 saturated carbocycles. The number of fused-ring (bicyclic) bond motifs is 1. The Morgan fingerprint density at radius 1 is 1.00 bits per heavy atom. The minimum absolute atomic E-state index is 0.203. The van der Waals surface area contributed by atoms with Crippen LogP contribution >= 0.6 is 0 Å². The fourth-order valence-electron chi connectivity index (χ4n) is 2.96. The molecule has 4 rings (SSSR count). The molecule has 140 valence electrons. The maximum Gasteiger partial charge on any atom is 0.129 e. The van der Waals surface area contributed by atoms with Crippen LogP contribution in [0.25, 0.3) is 11.2 Å². The van der Waals surface area contributed by atoms with E-state index in [0.29, 0.717) is 17.9 Å². The number of nitrogens with zero attached hydrogens (tertiary/aromatic N) is 2. The van der Waals surface area contributed by atoms with Crippen LogP contribution in [0.4, 0.5) is 4.39 Å². The van der Waals surface area contributed by atoms with Crippen LogP contribution in [-0.4, -0.2) is 9.61 Å². The molecule has 0 spiro atoms. The average molecular weight is 373 g/mol. The largest absolute Gasteiger partial charge is 0.489 e. The monoisotopic (exact) mass is 373 g/mol. The van der Waals surface area contributed by atoms with Gasteiger partial charge in [0.1, 0.15) is 18.2 Å². The molecule has 0 aliphatic heterocycles. The number of aromatic nitrogens is 2. The second-order valence-electron chi connectivity index (χ2n) is 6.44. The van der Waals surface area contributed by atoms with Crippen LogP contribution in [0.15, 0.2) is 85.6 Å². The molecule has 0 aliphatic rings. The lowest BCUT2D eigenvalue weighted by atomic mass is 10.2. The van der Waals surface area contributed by atoms with Crippen LogP contribution in [-0.2, 0) is 13.2 Å². The first kappa shape index (κ1) is 17.8. The molecule has 4 aromatic rings. The molecule has 0 radical (unpaired) electrons. The lowest BCUT2D eigenvalue weighted by Gasteiger charge is -2.12. The van der Waals surface area contributed by atoms with Crippen molar-refractivity contribution >= 4 is 11.2 Å². The van der Waals surface area contributed by atoms with Crippen molar-refractivity contribution in [2.24, 2.45) is 0 Å². The van der Waals surface area contributed by atoms with E-state index in [1.165, 1.54) is 6.07 Å². The van der Waals surface area contributed by atoms with E-state index in [4.69, 9.17) is 4.74 Å². The van der Waals surface area contributed by atoms with Gasteiger partial charge in [-0.25, -0.2) is 8.91 Å². The first-order valence-electron chi connectivity index (χ1n) is 9.02. The first-order valence-corrected chi connectivity index (χ1v) is 9.02. The maximum atomic E-state index is 13.6. The summed E-state index contributed by atoms with van der Waals surface area (Å²) in [5.41, 5.74) is 4.38. The van der Waals surface area contributed by atoms with E-state index in [1.54, 1.807) is 24.4 Å². The molecule has 0 fully saturated rings. The SMILES string of the molecule is C=C(NCc1ccc(OCc2ccccc2F)cc1)c1cccc2ccnn12. The zero-order chi connectivity index (χ0) is 19.3. The Balaban J connectivity index is 1.35. The van der Waals surface area contributed by atoms with E-state index in [-0.39, 0.29) is 12.4 Å². The fraction of sp³-hybridized carbons (Fsp3) is 0.0870. The van der Waals surface area contributed by atoms with Gasteiger partial charge >= 0.3 is 0 Å². The molecule has 2 aromatic carbocycles. The van der Waals surface area contributed by atoms with Gasteiger partial charge in [-0.2, -0.15) is 5.10 Å². The van der Waals surface area contributed by atoms with Crippen LogP contribution in [0, 0.1) is 5.82 Å². The molecule has 28 heavy (non-hydrogen) atoms. The normalized spacial score (nSPS) is 10.8. The van der Waals surface area contributed by atoms with Crippen molar-refractivity contribution in [3.63, 3.8) is 0 Å². The Labute approximate surface area is 162 Å². The highest BCUT2D eigenvalue weighted by atomic mass is 19.1. The van der Waals surface area contributed by atoms with E-state index >= 15 is 0 Å². The zero-order valence-corrected chi connectivity index (χ0v) is 15.3. The topological polar surface area (TPSA) is 38.6 Å². The number of hydrogen-bond acceptors (Lipinski definition) is 3. The highest BCUT2D eigenvalue weighted by Crippen LogP contribution is 2.17. The third-order valence-electron chi connectivity index (χ3n) is 4.51. The first-order chi connectivity index (χ1) is 13.7. The molecule has 2 heterocycles. The molecule has 1 N–H and O–H groups in total. The summed E-state index contributed by atoms with van der Waals surface area (Å²) in [4.78, 5) is 0. The Morgan fingerprint density at radius 3 is 2.64 bits per heavy atom. The van der Waals surface area contributed by atoms with E-state index in [2.05, 4.69) is 17.0 Å². The van der Waals surface area contributed by atoms with Crippen molar-refractivity contribution in [3.8, 4) is 5.75 Å². The van der Waals surface area contributed by atoms with Crippen LogP contribution in [0.2, 0.25) is 0 Å². The van der Waals surface area contributed by atoms with Crippen molar-refractivity contribution in [2.75, 3.05) is 0 Å². The number of ether oxygens (including phenoxy) is 1. The van der Waals surface area contributed by atoms with Gasteiger partial charge in [-0.05, 0) is 42.0 Å². The molecule has 4 nitrogen and oxygen atoms in total. The van der Waals surface area contributed by atoms with Crippen LogP contribution in [0.3, 0.4) is 0 Å². The molecule has 0 unspecified atom stereocenters. The zero-order valence-electron chi connectivity index (χ0n) is 15.3. The van der Waals surface area contributed by atoms with Crippen molar-refractivity contribution in [2.45, 2.75) is 13.2 Å². The summed E-state index contributed by atoms with van der Waals surface area (Å²) in [5.74, 6) is 0.446. The summed E-state index contributed by atoms with van der Waals surface area (Å²) in [6.45, 7) is 4.96. The maximum absolute atomic E-state index is 13.6. The summed E-state index contributed by atoms with van der Waals surface area (Å²) in [6.07, 6.45) is 1.77. The molecule has 0 saturated heterocycles. The fourth-order valence-corrected chi connectivity index (χ4v) is 2.96. The summed E-state index contributed by atoms with van der Waals surface area (Å²) in [7, 11) is 0. The molecular formula is C23H20FN3O. The Bertz CT molecular complexity index is 1100. The van der Waals surface area contributed by atoms with E-state index < -0.39 is 0 Å². The van der Waals surface area contributed by atoms with Crippen molar-refractivity contribution in [3.05, 3.63) is 108 Å². The summed E-state index contributed by atoms with van der Waals surface area (Å²) < 4.78 is 21.2. The van der Waals surface area contributed by atoms with Crippen molar-refractivity contribution < 1.29 is 9.13 Å². The number of rotatable bonds is 7. The Kier molecular flexibility index (Phi) is 5.06. The third-order valence-corrected chi connectivity index (χ3v) is 4.51. The van der Waals surface area contributed by atoms with Gasteiger partial charge in [0.25, 0.3) is 0 Å². The second-order valence-corrected chi connectivity index (χ2v) is 6.44. The summed E-state index contributed by atoms with van der Waals surface area (Å²) in [5, 5.41) is 7.67. The third kappa shape index (κ3) is 3.88. The van der Waals surface area contributed by atoms with E-state index in [1.807, 2.05) is 53.0 Å². The van der Waals surface area contributed by atoms with Gasteiger partial charge in [-0.15, -0.1) is 0 Å². The molecular weight excluding hydrogens is 353 g/mol. The van der Waals surface area contributed by atoms with Gasteiger partial charge in [0.2, 0.25) is 0 Å². The molecule has 0 aliphatic carbocycles. The number of halogens is 1. The summed E-state index contributed by atoms with van der Waals surface area (Å²) in [6, 6.07) is 22.3. The van der Waals surface area contributed by atoms with Gasteiger partial charge in [0, 0.05) is 12.1 Å². The molecule has 2 aromatic heterocycles. The number of pyridine rings is 1. The molecule has 0 bridgehead atoms. The molecule has 0 atom stereocenters. The lowest BCUT2D eigenvalue weighted by molar-refractivity contribution is 0.300. The van der Waals surface area contributed by atoms with Gasteiger partial charge in [0.15, 0.2) is 0 Å². The van der Waals surface area contributed by atoms with E-state index in [9.17, 15) is 4.39 Å². The second kappa shape index (κ2) is 7.96. The van der Waals surface area contributed by atoms with Crippen molar-refractivity contribution in [1.29, 1.82) is 0 Å². The smallest absolute Gasteiger partial charge is 0.129 e. The standard InChI is InChI=1S/C23H20FN3O/c1-17(23-8-4-6-20-13-14-26-27(20)23)25-15-18-9-11-21(12-10-18)28-16-19-5-2-3-7-22(19)24/h2-14,25H,1,15-16H2. The summed E-state index contributed by atoms with van der Waals surface area (Å²) >= 11 is 0.